The third-order valence-electron chi connectivity index (χ3n) is 1.52. The number of nitrogens with zero attached hydrogens (tertiary/aromatic N) is 1. The molecule has 0 fully saturated rings. The van der Waals surface area contributed by atoms with Gasteiger partial charge in [0, 0.05) is 19.0 Å². The van der Waals surface area contributed by atoms with Crippen molar-refractivity contribution in [3.63, 3.8) is 0 Å². The van der Waals surface area contributed by atoms with Crippen molar-refractivity contribution in [2.24, 2.45) is 4.99 Å². The van der Waals surface area contributed by atoms with Crippen molar-refractivity contribution < 1.29 is 4.74 Å². The van der Waals surface area contributed by atoms with Gasteiger partial charge in [-0.3, -0.25) is 4.99 Å². The molecule has 11 heavy (non-hydrogen) atoms. The van der Waals surface area contributed by atoms with Gasteiger partial charge in [-0.05, 0) is 27.7 Å². The third kappa shape index (κ3) is 4.73. The standard InChI is InChI=1S/C9H17NO/c1-6-8(2)10-7-9(3,4)11-5/h6-7H,1-5H3/b8-6-,10-7-. The maximum Gasteiger partial charge on any atom is 0.0972 e. The molecule has 0 N–H and O–H groups in total. The fourth-order valence-corrected chi connectivity index (χ4v) is 0.385. The zero-order valence-corrected chi connectivity index (χ0v) is 8.01. The molecule has 2 heteroatoms. The van der Waals surface area contributed by atoms with Crippen molar-refractivity contribution in [2.75, 3.05) is 7.11 Å². The van der Waals surface area contributed by atoms with E-state index in [2.05, 4.69) is 4.99 Å². The highest BCUT2D eigenvalue weighted by Crippen LogP contribution is 2.04. The molecular formula is C9H17NO. The fraction of sp³-hybridized carbons (Fsp3) is 0.667. The number of ether oxygens (including phenoxy) is 1. The molecule has 0 aliphatic rings. The zero-order valence-electron chi connectivity index (χ0n) is 8.01. The van der Waals surface area contributed by atoms with Crippen LogP contribution in [0.1, 0.15) is 27.7 Å². The van der Waals surface area contributed by atoms with E-state index in [0.717, 1.165) is 5.70 Å². The first-order valence-corrected chi connectivity index (χ1v) is 3.75. The predicted molar refractivity (Wildman–Crippen MR) is 49.0 cm³/mol. The van der Waals surface area contributed by atoms with Gasteiger partial charge in [-0.25, -0.2) is 0 Å². The summed E-state index contributed by atoms with van der Waals surface area (Å²) in [6.07, 6.45) is 3.77. The van der Waals surface area contributed by atoms with E-state index in [1.807, 2.05) is 40.0 Å². The molecule has 0 amide bonds. The molecule has 0 aliphatic carbocycles. The summed E-state index contributed by atoms with van der Waals surface area (Å²) < 4.78 is 5.16. The smallest absolute Gasteiger partial charge is 0.0972 e. The first-order valence-electron chi connectivity index (χ1n) is 3.75. The van der Waals surface area contributed by atoms with Crippen LogP contribution in [-0.4, -0.2) is 18.9 Å². The predicted octanol–water partition coefficient (Wildman–Crippen LogP) is 2.41. The van der Waals surface area contributed by atoms with Crippen LogP contribution in [0.15, 0.2) is 16.8 Å². The Hall–Kier alpha value is -0.630. The highest BCUT2D eigenvalue weighted by Gasteiger charge is 2.11. The minimum absolute atomic E-state index is 0.260. The van der Waals surface area contributed by atoms with E-state index in [1.165, 1.54) is 0 Å². The molecule has 64 valence electrons. The van der Waals surface area contributed by atoms with Gasteiger partial charge in [0.1, 0.15) is 0 Å². The lowest BCUT2D eigenvalue weighted by Gasteiger charge is -2.16. The topological polar surface area (TPSA) is 21.6 Å². The second-order valence-electron chi connectivity index (χ2n) is 3.00. The van der Waals surface area contributed by atoms with E-state index in [4.69, 9.17) is 4.74 Å². The van der Waals surface area contributed by atoms with Gasteiger partial charge < -0.3 is 4.74 Å². The van der Waals surface area contributed by atoms with Crippen LogP contribution in [0.25, 0.3) is 0 Å². The van der Waals surface area contributed by atoms with Crippen molar-refractivity contribution in [3.8, 4) is 0 Å². The van der Waals surface area contributed by atoms with Gasteiger partial charge in [-0.1, -0.05) is 6.08 Å². The number of hydrogen-bond acceptors (Lipinski definition) is 2. The Morgan fingerprint density at radius 1 is 1.45 bits per heavy atom. The van der Waals surface area contributed by atoms with Crippen LogP contribution in [0.5, 0.6) is 0 Å². The monoisotopic (exact) mass is 155 g/mol. The van der Waals surface area contributed by atoms with Crippen molar-refractivity contribution in [2.45, 2.75) is 33.3 Å². The summed E-state index contributed by atoms with van der Waals surface area (Å²) in [7, 11) is 1.68. The van der Waals surface area contributed by atoms with Crippen LogP contribution < -0.4 is 0 Å². The maximum absolute atomic E-state index is 5.16. The van der Waals surface area contributed by atoms with Crippen molar-refractivity contribution in [1.29, 1.82) is 0 Å². The Bertz CT molecular complexity index is 168. The molecule has 0 aromatic rings. The van der Waals surface area contributed by atoms with Crippen molar-refractivity contribution >= 4 is 6.21 Å². The first-order chi connectivity index (χ1) is 5.02. The maximum atomic E-state index is 5.16. The summed E-state index contributed by atoms with van der Waals surface area (Å²) in [5.74, 6) is 0. The quantitative estimate of drug-likeness (QED) is 0.573. The molecule has 0 aromatic carbocycles. The highest BCUT2D eigenvalue weighted by atomic mass is 16.5. The minimum Gasteiger partial charge on any atom is -0.373 e. The van der Waals surface area contributed by atoms with Crippen LogP contribution in [0.3, 0.4) is 0 Å². The SMILES string of the molecule is C/C=C(C)\N=C/C(C)(C)OC. The van der Waals surface area contributed by atoms with Crippen molar-refractivity contribution in [3.05, 3.63) is 11.8 Å². The lowest BCUT2D eigenvalue weighted by Crippen LogP contribution is -2.23. The third-order valence-corrected chi connectivity index (χ3v) is 1.52. The van der Waals surface area contributed by atoms with E-state index < -0.39 is 0 Å². The Morgan fingerprint density at radius 3 is 2.36 bits per heavy atom. The van der Waals surface area contributed by atoms with Gasteiger partial charge in [0.05, 0.1) is 5.60 Å². The molecule has 0 rings (SSSR count). The highest BCUT2D eigenvalue weighted by molar-refractivity contribution is 5.68. The molecule has 0 saturated heterocycles. The molecule has 0 bridgehead atoms. The number of rotatable bonds is 3. The Balaban J connectivity index is 4.12. The summed E-state index contributed by atoms with van der Waals surface area (Å²) in [5, 5.41) is 0. The van der Waals surface area contributed by atoms with Gasteiger partial charge in [0.2, 0.25) is 0 Å². The Labute approximate surface area is 69.0 Å². The average Bonchev–Trinajstić information content (AvgIpc) is 2.00. The molecule has 0 radical (unpaired) electrons. The molecule has 0 aromatic heterocycles. The molecular weight excluding hydrogens is 138 g/mol. The zero-order chi connectivity index (χ0) is 8.91. The summed E-state index contributed by atoms with van der Waals surface area (Å²) in [5.41, 5.74) is 0.750. The molecule has 0 saturated carbocycles. The number of aliphatic imine (C=N–C) groups is 1. The Morgan fingerprint density at radius 2 is 2.00 bits per heavy atom. The summed E-state index contributed by atoms with van der Waals surface area (Å²) in [4.78, 5) is 4.20. The van der Waals surface area contributed by atoms with Gasteiger partial charge >= 0.3 is 0 Å². The number of methoxy groups -OCH3 is 1. The second kappa shape index (κ2) is 4.29. The van der Waals surface area contributed by atoms with Crippen LogP contribution in [-0.2, 0) is 4.74 Å². The van der Waals surface area contributed by atoms with E-state index in [-0.39, 0.29) is 5.60 Å². The molecule has 2 nitrogen and oxygen atoms in total. The first kappa shape index (κ1) is 10.4. The van der Waals surface area contributed by atoms with Crippen LogP contribution in [0.4, 0.5) is 0 Å². The lowest BCUT2D eigenvalue weighted by molar-refractivity contribution is 0.0871. The average molecular weight is 155 g/mol. The van der Waals surface area contributed by atoms with Gasteiger partial charge in [0.25, 0.3) is 0 Å². The summed E-state index contributed by atoms with van der Waals surface area (Å²) in [6, 6.07) is 0. The normalized spacial score (nSPS) is 14.5. The lowest BCUT2D eigenvalue weighted by atomic mass is 10.2. The van der Waals surface area contributed by atoms with E-state index in [0.29, 0.717) is 0 Å². The molecule has 0 aliphatic heterocycles. The van der Waals surface area contributed by atoms with E-state index in [9.17, 15) is 0 Å². The van der Waals surface area contributed by atoms with Gasteiger partial charge in [-0.15, -0.1) is 0 Å². The van der Waals surface area contributed by atoms with E-state index in [1.54, 1.807) is 7.11 Å². The number of hydrogen-bond donors (Lipinski definition) is 0. The van der Waals surface area contributed by atoms with Crippen LogP contribution in [0, 0.1) is 0 Å². The van der Waals surface area contributed by atoms with E-state index >= 15 is 0 Å². The molecule has 0 atom stereocenters. The molecule has 0 spiro atoms. The van der Waals surface area contributed by atoms with Crippen LogP contribution in [0.2, 0.25) is 0 Å². The number of allylic oxidation sites excluding steroid dienone is 2. The summed E-state index contributed by atoms with van der Waals surface area (Å²) in [6.45, 7) is 7.87. The van der Waals surface area contributed by atoms with Crippen molar-refractivity contribution in [1.82, 2.24) is 0 Å². The Kier molecular flexibility index (Phi) is 4.04. The second-order valence-corrected chi connectivity index (χ2v) is 3.00. The molecule has 0 heterocycles. The fourth-order valence-electron chi connectivity index (χ4n) is 0.385. The molecule has 0 unspecified atom stereocenters. The minimum atomic E-state index is -0.260. The van der Waals surface area contributed by atoms with Crippen LogP contribution >= 0.6 is 0 Å². The van der Waals surface area contributed by atoms with Gasteiger partial charge in [0.15, 0.2) is 0 Å². The largest absolute Gasteiger partial charge is 0.373 e. The van der Waals surface area contributed by atoms with Gasteiger partial charge in [-0.2, -0.15) is 0 Å². The summed E-state index contributed by atoms with van der Waals surface area (Å²) >= 11 is 0.